The molecule has 0 radical (unpaired) electrons. The van der Waals surface area contributed by atoms with Gasteiger partial charge in [0.1, 0.15) is 5.75 Å². The lowest BCUT2D eigenvalue weighted by molar-refractivity contribution is -0.137. The Morgan fingerprint density at radius 1 is 1.30 bits per heavy atom. The third-order valence-corrected chi connectivity index (χ3v) is 5.40. The van der Waals surface area contributed by atoms with E-state index in [0.29, 0.717) is 6.42 Å². The van der Waals surface area contributed by atoms with E-state index >= 15 is 0 Å². The molecule has 0 bridgehead atoms. The zero-order valence-electron chi connectivity index (χ0n) is 12.3. The quantitative estimate of drug-likeness (QED) is 0.898. The average molecular weight is 351 g/mol. The fourth-order valence-corrected chi connectivity index (χ4v) is 4.46. The standard InChI is InChI=1S/C14H16F3NO4S/c1-13(6-7-23(20,21)9-13)18-12(19)8-22-11-4-2-10(3-5-11)14(15,16)17/h2-5H,6-9H2,1H3,(H,18,19). The highest BCUT2D eigenvalue weighted by Crippen LogP contribution is 2.30. The fraction of sp³-hybridized carbons (Fsp3) is 0.500. The average Bonchev–Trinajstić information content (AvgIpc) is 2.69. The van der Waals surface area contributed by atoms with Crippen molar-refractivity contribution in [3.63, 3.8) is 0 Å². The molecule has 1 atom stereocenters. The van der Waals surface area contributed by atoms with Gasteiger partial charge in [0.15, 0.2) is 16.4 Å². The van der Waals surface area contributed by atoms with E-state index in [9.17, 15) is 26.4 Å². The molecule has 1 amide bonds. The Kier molecular flexibility index (Phi) is 4.61. The summed E-state index contributed by atoms with van der Waals surface area (Å²) in [6.07, 6.45) is -4.11. The molecule has 9 heteroatoms. The van der Waals surface area contributed by atoms with Gasteiger partial charge in [-0.25, -0.2) is 8.42 Å². The molecule has 1 aliphatic rings. The van der Waals surface area contributed by atoms with Gasteiger partial charge in [-0.15, -0.1) is 0 Å². The van der Waals surface area contributed by atoms with E-state index in [1.165, 1.54) is 0 Å². The van der Waals surface area contributed by atoms with Crippen LogP contribution in [-0.2, 0) is 20.8 Å². The first-order valence-electron chi connectivity index (χ1n) is 6.81. The largest absolute Gasteiger partial charge is 0.484 e. The van der Waals surface area contributed by atoms with Crippen LogP contribution in [0.4, 0.5) is 13.2 Å². The molecule has 0 aromatic heterocycles. The molecule has 1 saturated heterocycles. The summed E-state index contributed by atoms with van der Waals surface area (Å²) in [4.78, 5) is 11.8. The van der Waals surface area contributed by atoms with Crippen LogP contribution < -0.4 is 10.1 Å². The predicted molar refractivity (Wildman–Crippen MR) is 76.8 cm³/mol. The highest BCUT2D eigenvalue weighted by Gasteiger charge is 2.39. The van der Waals surface area contributed by atoms with E-state index < -0.39 is 39.6 Å². The number of ether oxygens (including phenoxy) is 1. The van der Waals surface area contributed by atoms with Crippen molar-refractivity contribution in [2.45, 2.75) is 25.1 Å². The SMILES string of the molecule is CC1(NC(=O)COc2ccc(C(F)(F)F)cc2)CCS(=O)(=O)C1. The second-order valence-electron chi connectivity index (χ2n) is 5.76. The van der Waals surface area contributed by atoms with E-state index in [4.69, 9.17) is 4.74 Å². The summed E-state index contributed by atoms with van der Waals surface area (Å²) >= 11 is 0. The van der Waals surface area contributed by atoms with Gasteiger partial charge in [0.25, 0.3) is 5.91 Å². The molecular weight excluding hydrogens is 335 g/mol. The smallest absolute Gasteiger partial charge is 0.416 e. The van der Waals surface area contributed by atoms with Crippen LogP contribution in [0.2, 0.25) is 0 Å². The van der Waals surface area contributed by atoms with E-state index in [2.05, 4.69) is 5.32 Å². The lowest BCUT2D eigenvalue weighted by atomic mass is 10.0. The van der Waals surface area contributed by atoms with Crippen LogP contribution in [0.15, 0.2) is 24.3 Å². The number of carbonyl (C=O) groups excluding carboxylic acids is 1. The second kappa shape index (κ2) is 6.03. The minimum Gasteiger partial charge on any atom is -0.484 e. The molecule has 1 heterocycles. The summed E-state index contributed by atoms with van der Waals surface area (Å²) in [6, 6.07) is 3.96. The molecule has 128 valence electrons. The lowest BCUT2D eigenvalue weighted by Gasteiger charge is -2.23. The van der Waals surface area contributed by atoms with Crippen molar-refractivity contribution in [2.75, 3.05) is 18.1 Å². The number of carbonyl (C=O) groups is 1. The highest BCUT2D eigenvalue weighted by atomic mass is 32.2. The zero-order chi connectivity index (χ0) is 17.3. The number of benzene rings is 1. The molecule has 0 aliphatic carbocycles. The summed E-state index contributed by atoms with van der Waals surface area (Å²) in [6.45, 7) is 1.23. The molecule has 1 unspecified atom stereocenters. The molecule has 1 N–H and O–H groups in total. The molecular formula is C14H16F3NO4S. The maximum absolute atomic E-state index is 12.4. The van der Waals surface area contributed by atoms with Gasteiger partial charge < -0.3 is 10.1 Å². The van der Waals surface area contributed by atoms with Crippen molar-refractivity contribution in [2.24, 2.45) is 0 Å². The molecule has 1 fully saturated rings. The highest BCUT2D eigenvalue weighted by molar-refractivity contribution is 7.91. The van der Waals surface area contributed by atoms with Gasteiger partial charge in [-0.3, -0.25) is 4.79 Å². The van der Waals surface area contributed by atoms with Gasteiger partial charge in [0, 0.05) is 0 Å². The summed E-state index contributed by atoms with van der Waals surface area (Å²) in [5, 5.41) is 2.59. The lowest BCUT2D eigenvalue weighted by Crippen LogP contribution is -2.48. The molecule has 5 nitrogen and oxygen atoms in total. The van der Waals surface area contributed by atoms with Gasteiger partial charge in [-0.05, 0) is 37.6 Å². The number of hydrogen-bond donors (Lipinski definition) is 1. The first-order chi connectivity index (χ1) is 10.5. The molecule has 0 saturated carbocycles. The summed E-state index contributed by atoms with van der Waals surface area (Å²) in [7, 11) is -3.15. The summed E-state index contributed by atoms with van der Waals surface area (Å²) < 4.78 is 65.2. The Morgan fingerprint density at radius 2 is 1.91 bits per heavy atom. The topological polar surface area (TPSA) is 72.5 Å². The van der Waals surface area contributed by atoms with Gasteiger partial charge in [-0.2, -0.15) is 13.2 Å². The number of alkyl halides is 3. The fourth-order valence-electron chi connectivity index (χ4n) is 2.37. The number of rotatable bonds is 4. The first-order valence-corrected chi connectivity index (χ1v) is 8.63. The Balaban J connectivity index is 1.87. The summed E-state index contributed by atoms with van der Waals surface area (Å²) in [5.41, 5.74) is -1.64. The number of sulfone groups is 1. The van der Waals surface area contributed by atoms with Crippen LogP contribution in [-0.4, -0.2) is 38.0 Å². The first kappa shape index (κ1) is 17.6. The molecule has 23 heavy (non-hydrogen) atoms. The summed E-state index contributed by atoms with van der Waals surface area (Å²) in [5.74, 6) is -0.517. The normalized spacial score (nSPS) is 23.5. The number of halogens is 3. The predicted octanol–water partition coefficient (Wildman–Crippen LogP) is 1.78. The van der Waals surface area contributed by atoms with Gasteiger partial charge >= 0.3 is 6.18 Å². The van der Waals surface area contributed by atoms with Gasteiger partial charge in [-0.1, -0.05) is 0 Å². The van der Waals surface area contributed by atoms with Crippen molar-refractivity contribution < 1.29 is 31.1 Å². The molecule has 1 aliphatic heterocycles. The minimum atomic E-state index is -4.43. The van der Waals surface area contributed by atoms with Crippen LogP contribution >= 0.6 is 0 Å². The van der Waals surface area contributed by atoms with Gasteiger partial charge in [0.05, 0.1) is 22.6 Å². The molecule has 1 aromatic rings. The molecule has 1 aromatic carbocycles. The van der Waals surface area contributed by atoms with E-state index in [1.807, 2.05) is 0 Å². The Bertz CT molecular complexity index is 685. The van der Waals surface area contributed by atoms with Crippen molar-refractivity contribution in [3.8, 4) is 5.75 Å². The van der Waals surface area contributed by atoms with Crippen LogP contribution in [0, 0.1) is 0 Å². The maximum Gasteiger partial charge on any atom is 0.416 e. The Hall–Kier alpha value is -1.77. The van der Waals surface area contributed by atoms with Crippen molar-refractivity contribution >= 4 is 15.7 Å². The monoisotopic (exact) mass is 351 g/mol. The van der Waals surface area contributed by atoms with E-state index in [0.717, 1.165) is 24.3 Å². The molecule has 2 rings (SSSR count). The van der Waals surface area contributed by atoms with Gasteiger partial charge in [0.2, 0.25) is 0 Å². The number of nitrogens with one attached hydrogen (secondary N) is 1. The van der Waals surface area contributed by atoms with Crippen molar-refractivity contribution in [1.82, 2.24) is 5.32 Å². The van der Waals surface area contributed by atoms with E-state index in [1.54, 1.807) is 6.92 Å². The van der Waals surface area contributed by atoms with Crippen molar-refractivity contribution in [3.05, 3.63) is 29.8 Å². The Labute approximate surface area is 131 Å². The van der Waals surface area contributed by atoms with Crippen molar-refractivity contribution in [1.29, 1.82) is 0 Å². The maximum atomic E-state index is 12.4. The second-order valence-corrected chi connectivity index (χ2v) is 7.95. The van der Waals surface area contributed by atoms with Crippen LogP contribution in [0.1, 0.15) is 18.9 Å². The van der Waals surface area contributed by atoms with Crippen LogP contribution in [0.3, 0.4) is 0 Å². The van der Waals surface area contributed by atoms with E-state index in [-0.39, 0.29) is 17.3 Å². The molecule has 0 spiro atoms. The minimum absolute atomic E-state index is 0.0174. The third kappa shape index (κ3) is 4.85. The van der Waals surface area contributed by atoms with Crippen LogP contribution in [0.25, 0.3) is 0 Å². The zero-order valence-corrected chi connectivity index (χ0v) is 13.1. The number of amides is 1. The van der Waals surface area contributed by atoms with Crippen LogP contribution in [0.5, 0.6) is 5.75 Å². The number of hydrogen-bond acceptors (Lipinski definition) is 4. The Morgan fingerprint density at radius 3 is 2.39 bits per heavy atom. The third-order valence-electron chi connectivity index (χ3n) is 3.50.